The van der Waals surface area contributed by atoms with Gasteiger partial charge in [-0.15, -0.1) is 0 Å². The van der Waals surface area contributed by atoms with Crippen molar-refractivity contribution in [3.63, 3.8) is 0 Å². The van der Waals surface area contributed by atoms with Crippen molar-refractivity contribution in [3.05, 3.63) is 46.8 Å². The number of methoxy groups -OCH3 is 1. The third-order valence-electron chi connectivity index (χ3n) is 2.21. The summed E-state index contributed by atoms with van der Waals surface area (Å²) in [7, 11) is 1.48. The summed E-state index contributed by atoms with van der Waals surface area (Å²) in [4.78, 5) is 18.2. The summed E-state index contributed by atoms with van der Waals surface area (Å²) < 4.78 is 5.11. The summed E-state index contributed by atoms with van der Waals surface area (Å²) in [6, 6.07) is 5.93. The molecule has 0 aliphatic heterocycles. The Kier molecular flexibility index (Phi) is 3.33. The molecule has 0 radical (unpaired) electrons. The van der Waals surface area contributed by atoms with Gasteiger partial charge in [0.2, 0.25) is 5.95 Å². The predicted octanol–water partition coefficient (Wildman–Crippen LogP) is 2.14. The molecule has 92 valence electrons. The number of benzene rings is 1. The zero-order valence-corrected chi connectivity index (χ0v) is 9.53. The van der Waals surface area contributed by atoms with Crippen molar-refractivity contribution >= 4 is 17.3 Å². The Hall–Kier alpha value is -2.70. The number of aromatic nitrogens is 2. The van der Waals surface area contributed by atoms with Crippen molar-refractivity contribution in [1.82, 2.24) is 9.97 Å². The first-order valence-corrected chi connectivity index (χ1v) is 5.07. The summed E-state index contributed by atoms with van der Waals surface area (Å²) in [6.07, 6.45) is 3.14. The lowest BCUT2D eigenvalue weighted by Crippen LogP contribution is -1.99. The summed E-state index contributed by atoms with van der Waals surface area (Å²) in [5, 5.41) is 13.6. The largest absolute Gasteiger partial charge is 0.495 e. The monoisotopic (exact) mass is 246 g/mol. The van der Waals surface area contributed by atoms with E-state index in [1.54, 1.807) is 18.5 Å². The van der Waals surface area contributed by atoms with Gasteiger partial charge in [-0.05, 0) is 12.1 Å². The highest BCUT2D eigenvalue weighted by atomic mass is 16.6. The molecule has 2 rings (SSSR count). The van der Waals surface area contributed by atoms with E-state index in [0.717, 1.165) is 0 Å². The lowest BCUT2D eigenvalue weighted by atomic mass is 10.2. The molecule has 0 bridgehead atoms. The summed E-state index contributed by atoms with van der Waals surface area (Å²) in [5.74, 6) is 0.823. The molecule has 0 amide bonds. The Morgan fingerprint density at radius 3 is 2.67 bits per heavy atom. The fourth-order valence-electron chi connectivity index (χ4n) is 1.39. The number of hydrogen-bond donors (Lipinski definition) is 1. The third-order valence-corrected chi connectivity index (χ3v) is 2.21. The number of nitrogens with one attached hydrogen (secondary N) is 1. The second-order valence-electron chi connectivity index (χ2n) is 3.34. The Bertz CT molecular complexity index is 559. The highest BCUT2D eigenvalue weighted by Crippen LogP contribution is 2.30. The molecule has 0 unspecified atom stereocenters. The van der Waals surface area contributed by atoms with Crippen molar-refractivity contribution in [2.24, 2.45) is 0 Å². The van der Waals surface area contributed by atoms with E-state index in [1.807, 2.05) is 0 Å². The highest BCUT2D eigenvalue weighted by Gasteiger charge is 2.11. The maximum absolute atomic E-state index is 10.7. The first kappa shape index (κ1) is 11.8. The second-order valence-corrected chi connectivity index (χ2v) is 3.34. The van der Waals surface area contributed by atoms with Gasteiger partial charge in [0.1, 0.15) is 5.75 Å². The van der Waals surface area contributed by atoms with E-state index in [9.17, 15) is 10.1 Å². The van der Waals surface area contributed by atoms with Gasteiger partial charge in [0.25, 0.3) is 5.69 Å². The number of nitrogens with zero attached hydrogens (tertiary/aromatic N) is 3. The zero-order valence-electron chi connectivity index (χ0n) is 9.53. The molecule has 1 N–H and O–H groups in total. The molecular weight excluding hydrogens is 236 g/mol. The zero-order chi connectivity index (χ0) is 13.0. The van der Waals surface area contributed by atoms with Gasteiger partial charge in [0.05, 0.1) is 17.7 Å². The van der Waals surface area contributed by atoms with Gasteiger partial charge in [-0.25, -0.2) is 9.97 Å². The van der Waals surface area contributed by atoms with Crippen LogP contribution in [-0.4, -0.2) is 22.0 Å². The van der Waals surface area contributed by atoms with Crippen LogP contribution < -0.4 is 10.1 Å². The Morgan fingerprint density at radius 2 is 2.06 bits per heavy atom. The van der Waals surface area contributed by atoms with E-state index >= 15 is 0 Å². The maximum Gasteiger partial charge on any atom is 0.271 e. The van der Waals surface area contributed by atoms with Crippen molar-refractivity contribution in [1.29, 1.82) is 0 Å². The molecule has 7 heteroatoms. The van der Waals surface area contributed by atoms with E-state index in [2.05, 4.69) is 15.3 Å². The van der Waals surface area contributed by atoms with Crippen LogP contribution in [0, 0.1) is 10.1 Å². The number of ether oxygens (including phenoxy) is 1. The Labute approximate surface area is 103 Å². The van der Waals surface area contributed by atoms with Gasteiger partial charge in [0.15, 0.2) is 0 Å². The van der Waals surface area contributed by atoms with Crippen LogP contribution in [0.4, 0.5) is 17.3 Å². The number of anilines is 2. The van der Waals surface area contributed by atoms with Crippen LogP contribution in [0.1, 0.15) is 0 Å². The molecule has 7 nitrogen and oxygen atoms in total. The van der Waals surface area contributed by atoms with E-state index in [0.29, 0.717) is 17.4 Å². The lowest BCUT2D eigenvalue weighted by Gasteiger charge is -2.09. The second kappa shape index (κ2) is 5.09. The minimum atomic E-state index is -0.476. The molecule has 1 aromatic heterocycles. The first-order valence-electron chi connectivity index (χ1n) is 5.07. The van der Waals surface area contributed by atoms with Crippen molar-refractivity contribution in [3.8, 4) is 5.75 Å². The van der Waals surface area contributed by atoms with Gasteiger partial charge in [-0.2, -0.15) is 0 Å². The molecule has 0 aliphatic carbocycles. The van der Waals surface area contributed by atoms with Crippen molar-refractivity contribution < 1.29 is 9.66 Å². The molecule has 2 aromatic rings. The standard InChI is InChI=1S/C11H10N4O3/c1-18-10-4-3-8(15(16)17)7-9(10)14-11-12-5-2-6-13-11/h2-7H,1H3,(H,12,13,14). The fraction of sp³-hybridized carbons (Fsp3) is 0.0909. The van der Waals surface area contributed by atoms with Crippen LogP contribution in [0.15, 0.2) is 36.7 Å². The van der Waals surface area contributed by atoms with Crippen molar-refractivity contribution in [2.75, 3.05) is 12.4 Å². The molecule has 0 spiro atoms. The third kappa shape index (κ3) is 2.51. The van der Waals surface area contributed by atoms with Gasteiger partial charge < -0.3 is 10.1 Å². The van der Waals surface area contributed by atoms with Crippen LogP contribution in [0.5, 0.6) is 5.75 Å². The van der Waals surface area contributed by atoms with Crippen LogP contribution in [0.3, 0.4) is 0 Å². The van der Waals surface area contributed by atoms with Crippen LogP contribution in [-0.2, 0) is 0 Å². The first-order chi connectivity index (χ1) is 8.70. The molecule has 0 saturated carbocycles. The minimum Gasteiger partial charge on any atom is -0.495 e. The summed E-state index contributed by atoms with van der Waals surface area (Å²) >= 11 is 0. The van der Waals surface area contributed by atoms with Gasteiger partial charge >= 0.3 is 0 Å². The predicted molar refractivity (Wildman–Crippen MR) is 65.0 cm³/mol. The summed E-state index contributed by atoms with van der Waals surface area (Å²) in [6.45, 7) is 0. The highest BCUT2D eigenvalue weighted by molar-refractivity contribution is 5.66. The van der Waals surface area contributed by atoms with Crippen LogP contribution >= 0.6 is 0 Å². The average Bonchev–Trinajstić information content (AvgIpc) is 2.39. The van der Waals surface area contributed by atoms with Gasteiger partial charge in [-0.3, -0.25) is 10.1 Å². The number of rotatable bonds is 4. The van der Waals surface area contributed by atoms with E-state index in [4.69, 9.17) is 4.74 Å². The van der Waals surface area contributed by atoms with Crippen molar-refractivity contribution in [2.45, 2.75) is 0 Å². The normalized spacial score (nSPS) is 9.83. The molecule has 0 aliphatic rings. The van der Waals surface area contributed by atoms with Crippen LogP contribution in [0.2, 0.25) is 0 Å². The molecule has 0 atom stereocenters. The lowest BCUT2D eigenvalue weighted by molar-refractivity contribution is -0.384. The molecule has 1 aromatic carbocycles. The summed E-state index contributed by atoms with van der Waals surface area (Å²) in [5.41, 5.74) is 0.409. The Morgan fingerprint density at radius 1 is 1.33 bits per heavy atom. The van der Waals surface area contributed by atoms with Gasteiger partial charge in [0, 0.05) is 24.5 Å². The van der Waals surface area contributed by atoms with E-state index in [1.165, 1.54) is 25.3 Å². The number of nitro groups is 1. The molecule has 0 saturated heterocycles. The average molecular weight is 246 g/mol. The van der Waals surface area contributed by atoms with E-state index < -0.39 is 4.92 Å². The maximum atomic E-state index is 10.7. The minimum absolute atomic E-state index is 0.0331. The smallest absolute Gasteiger partial charge is 0.271 e. The Balaban J connectivity index is 2.35. The quantitative estimate of drug-likeness (QED) is 0.656. The molecular formula is C11H10N4O3. The van der Waals surface area contributed by atoms with Gasteiger partial charge in [-0.1, -0.05) is 0 Å². The number of hydrogen-bond acceptors (Lipinski definition) is 6. The number of nitro benzene ring substituents is 1. The van der Waals surface area contributed by atoms with E-state index in [-0.39, 0.29) is 5.69 Å². The fourth-order valence-corrected chi connectivity index (χ4v) is 1.39. The molecule has 0 fully saturated rings. The number of non-ortho nitro benzene ring substituents is 1. The SMILES string of the molecule is COc1ccc([N+](=O)[O-])cc1Nc1ncccn1. The topological polar surface area (TPSA) is 90.2 Å². The molecule has 1 heterocycles. The van der Waals surface area contributed by atoms with Crippen LogP contribution in [0.25, 0.3) is 0 Å². The molecule has 18 heavy (non-hydrogen) atoms.